The Hall–Kier alpha value is -6.27. The maximum Gasteiger partial charge on any atom is 0.170 e. The molecule has 8 aromatic rings. The molecule has 6 heteroatoms. The van der Waals surface area contributed by atoms with Crippen LogP contribution in [-0.2, 0) is 0 Å². The molecule has 0 N–H and O–H groups in total. The first-order chi connectivity index (χ1) is 22.2. The minimum Gasteiger partial charge on any atom is -0.456 e. The molecule has 6 nitrogen and oxygen atoms in total. The van der Waals surface area contributed by atoms with E-state index in [-0.39, 0.29) is 0 Å². The van der Waals surface area contributed by atoms with Crippen molar-refractivity contribution in [1.29, 1.82) is 0 Å². The fraction of sp³-hybridized carbons (Fsp3) is 0. The first-order valence-corrected chi connectivity index (χ1v) is 14.7. The first kappa shape index (κ1) is 25.2. The molecule has 3 heterocycles. The lowest BCUT2D eigenvalue weighted by Gasteiger charge is -2.21. The second kappa shape index (κ2) is 10.2. The van der Waals surface area contributed by atoms with Gasteiger partial charge in [0, 0.05) is 27.5 Å². The highest BCUT2D eigenvalue weighted by Gasteiger charge is 2.20. The summed E-state index contributed by atoms with van der Waals surface area (Å²) >= 11 is 0. The molecule has 0 spiro atoms. The van der Waals surface area contributed by atoms with Crippen molar-refractivity contribution in [2.24, 2.45) is 0 Å². The molecule has 0 radical (unpaired) electrons. The zero-order chi connectivity index (χ0) is 29.7. The largest absolute Gasteiger partial charge is 0.456 e. The maximum atomic E-state index is 6.35. The minimum absolute atomic E-state index is 0.587. The van der Waals surface area contributed by atoms with E-state index in [2.05, 4.69) is 18.2 Å². The van der Waals surface area contributed by atoms with Gasteiger partial charge < -0.3 is 13.9 Å². The summed E-state index contributed by atoms with van der Waals surface area (Å²) in [6, 6.07) is 46.0. The number of aromatic nitrogens is 3. The summed E-state index contributed by atoms with van der Waals surface area (Å²) < 4.78 is 18.5. The number of rotatable bonds is 4. The third-order valence-electron chi connectivity index (χ3n) is 7.99. The van der Waals surface area contributed by atoms with Crippen LogP contribution in [0, 0.1) is 0 Å². The molecule has 0 saturated carbocycles. The van der Waals surface area contributed by atoms with Gasteiger partial charge in [0.1, 0.15) is 11.2 Å². The van der Waals surface area contributed by atoms with Crippen LogP contribution in [0.15, 0.2) is 144 Å². The molecule has 0 saturated heterocycles. The summed E-state index contributed by atoms with van der Waals surface area (Å²) in [6.45, 7) is 0. The molecule has 2 aromatic heterocycles. The molecule has 212 valence electrons. The van der Waals surface area contributed by atoms with E-state index < -0.39 is 0 Å². The number of ether oxygens (including phenoxy) is 2. The minimum atomic E-state index is 0.587. The van der Waals surface area contributed by atoms with E-state index in [0.717, 1.165) is 49.8 Å². The molecule has 0 amide bonds. The zero-order valence-corrected chi connectivity index (χ0v) is 23.8. The number of nitrogens with zero attached hydrogens (tertiary/aromatic N) is 3. The van der Waals surface area contributed by atoms with Gasteiger partial charge in [-0.2, -0.15) is 0 Å². The van der Waals surface area contributed by atoms with Gasteiger partial charge in [-0.15, -0.1) is 0 Å². The molecular weight excluding hydrogens is 558 g/mol. The molecule has 0 atom stereocenters. The average Bonchev–Trinajstić information content (AvgIpc) is 3.48. The standard InChI is InChI=1S/C39H23N3O3/c1-3-9-24(10-4-1)37-40-38(25-11-5-2-6-12-25)42-39(41-37)28-15-18-29-30-21-26(16-19-31(30)43-35(29)23-28)27-17-20-34-36(22-27)45-33-14-8-7-13-32(33)44-34/h1-23H. The maximum absolute atomic E-state index is 6.35. The van der Waals surface area contributed by atoms with Crippen LogP contribution in [0.25, 0.3) is 67.2 Å². The number of para-hydroxylation sites is 2. The quantitative estimate of drug-likeness (QED) is 0.206. The molecule has 0 unspecified atom stereocenters. The lowest BCUT2D eigenvalue weighted by Crippen LogP contribution is -2.00. The van der Waals surface area contributed by atoms with Gasteiger partial charge in [0.15, 0.2) is 40.5 Å². The van der Waals surface area contributed by atoms with Gasteiger partial charge in [-0.3, -0.25) is 0 Å². The Bertz CT molecular complexity index is 2330. The van der Waals surface area contributed by atoms with Crippen LogP contribution in [0.3, 0.4) is 0 Å². The lowest BCUT2D eigenvalue weighted by atomic mass is 10.0. The fourth-order valence-corrected chi connectivity index (χ4v) is 5.74. The second-order valence-electron chi connectivity index (χ2n) is 10.9. The van der Waals surface area contributed by atoms with E-state index >= 15 is 0 Å². The molecule has 0 bridgehead atoms. The highest BCUT2D eigenvalue weighted by atomic mass is 16.6. The Labute approximate surface area is 258 Å². The third kappa shape index (κ3) is 4.48. The number of fused-ring (bicyclic) bond motifs is 5. The Morgan fingerprint density at radius 1 is 0.333 bits per heavy atom. The van der Waals surface area contributed by atoms with Crippen molar-refractivity contribution < 1.29 is 13.9 Å². The van der Waals surface area contributed by atoms with Crippen molar-refractivity contribution in [3.8, 4) is 68.3 Å². The monoisotopic (exact) mass is 581 g/mol. The molecule has 0 fully saturated rings. The van der Waals surface area contributed by atoms with Crippen molar-refractivity contribution in [3.63, 3.8) is 0 Å². The van der Waals surface area contributed by atoms with E-state index in [1.807, 2.05) is 121 Å². The SMILES string of the molecule is c1ccc(-c2nc(-c3ccccc3)nc(-c3ccc4c(c3)oc3ccc(-c5ccc6c(c5)Oc5ccccc5O6)cc34)n2)cc1. The van der Waals surface area contributed by atoms with Crippen molar-refractivity contribution >= 4 is 21.9 Å². The predicted octanol–water partition coefficient (Wildman–Crippen LogP) is 10.3. The summed E-state index contributed by atoms with van der Waals surface area (Å²) in [5, 5.41) is 2.04. The molecule has 9 rings (SSSR count). The Kier molecular flexibility index (Phi) is 5.71. The van der Waals surface area contributed by atoms with Crippen molar-refractivity contribution in [1.82, 2.24) is 15.0 Å². The van der Waals surface area contributed by atoms with E-state index in [1.165, 1.54) is 0 Å². The van der Waals surface area contributed by atoms with Crippen LogP contribution in [0.2, 0.25) is 0 Å². The van der Waals surface area contributed by atoms with Crippen LogP contribution in [0.5, 0.6) is 23.0 Å². The van der Waals surface area contributed by atoms with Crippen LogP contribution >= 0.6 is 0 Å². The summed E-state index contributed by atoms with van der Waals surface area (Å²) in [5.74, 6) is 4.64. The first-order valence-electron chi connectivity index (χ1n) is 14.7. The topological polar surface area (TPSA) is 70.3 Å². The molecule has 1 aliphatic heterocycles. The van der Waals surface area contributed by atoms with Gasteiger partial charge in [-0.1, -0.05) is 91.0 Å². The summed E-state index contributed by atoms with van der Waals surface area (Å²) in [7, 11) is 0. The van der Waals surface area contributed by atoms with Crippen LogP contribution < -0.4 is 9.47 Å². The Balaban J connectivity index is 1.11. The summed E-state index contributed by atoms with van der Waals surface area (Å²) in [4.78, 5) is 14.6. The Morgan fingerprint density at radius 2 is 0.867 bits per heavy atom. The van der Waals surface area contributed by atoms with Gasteiger partial charge in [0.05, 0.1) is 0 Å². The highest BCUT2D eigenvalue weighted by Crippen LogP contribution is 2.46. The fourth-order valence-electron chi connectivity index (χ4n) is 5.74. The molecule has 1 aliphatic rings. The van der Waals surface area contributed by atoms with Crippen molar-refractivity contribution in [2.45, 2.75) is 0 Å². The normalized spacial score (nSPS) is 11.9. The van der Waals surface area contributed by atoms with Gasteiger partial charge in [-0.05, 0) is 59.7 Å². The molecule has 45 heavy (non-hydrogen) atoms. The number of hydrogen-bond donors (Lipinski definition) is 0. The van der Waals surface area contributed by atoms with E-state index in [9.17, 15) is 0 Å². The zero-order valence-electron chi connectivity index (χ0n) is 23.8. The smallest absolute Gasteiger partial charge is 0.170 e. The number of hydrogen-bond acceptors (Lipinski definition) is 6. The number of benzene rings is 6. The van der Waals surface area contributed by atoms with Crippen LogP contribution in [0.4, 0.5) is 0 Å². The summed E-state index contributed by atoms with van der Waals surface area (Å²) in [6.07, 6.45) is 0. The number of furan rings is 1. The highest BCUT2D eigenvalue weighted by molar-refractivity contribution is 6.07. The molecule has 0 aliphatic carbocycles. The molecule has 6 aromatic carbocycles. The van der Waals surface area contributed by atoms with E-state index in [1.54, 1.807) is 0 Å². The predicted molar refractivity (Wildman–Crippen MR) is 175 cm³/mol. The van der Waals surface area contributed by atoms with Gasteiger partial charge in [0.25, 0.3) is 0 Å². The average molecular weight is 582 g/mol. The van der Waals surface area contributed by atoms with E-state index in [0.29, 0.717) is 40.5 Å². The van der Waals surface area contributed by atoms with Gasteiger partial charge >= 0.3 is 0 Å². The summed E-state index contributed by atoms with van der Waals surface area (Å²) in [5.41, 5.74) is 6.36. The Morgan fingerprint density at radius 3 is 1.56 bits per heavy atom. The lowest BCUT2D eigenvalue weighted by molar-refractivity contribution is 0.360. The van der Waals surface area contributed by atoms with E-state index in [4.69, 9.17) is 28.8 Å². The van der Waals surface area contributed by atoms with Crippen LogP contribution in [-0.4, -0.2) is 15.0 Å². The van der Waals surface area contributed by atoms with Crippen molar-refractivity contribution in [2.75, 3.05) is 0 Å². The van der Waals surface area contributed by atoms with Crippen LogP contribution in [0.1, 0.15) is 0 Å². The van der Waals surface area contributed by atoms with Gasteiger partial charge in [0.2, 0.25) is 0 Å². The second-order valence-corrected chi connectivity index (χ2v) is 10.9. The third-order valence-corrected chi connectivity index (χ3v) is 7.99. The molecular formula is C39H23N3O3. The van der Waals surface area contributed by atoms with Crippen molar-refractivity contribution in [3.05, 3.63) is 140 Å². The van der Waals surface area contributed by atoms with Gasteiger partial charge in [-0.25, -0.2) is 15.0 Å².